The molecule has 2 aromatic carbocycles. The van der Waals surface area contributed by atoms with Crippen molar-refractivity contribution in [3.05, 3.63) is 69.6 Å². The van der Waals surface area contributed by atoms with E-state index < -0.39 is 0 Å². The highest BCUT2D eigenvalue weighted by atomic mass is 32.2. The second-order valence-electron chi connectivity index (χ2n) is 5.44. The number of hydrogen-bond acceptors (Lipinski definition) is 4. The van der Waals surface area contributed by atoms with Crippen LogP contribution in [0.5, 0.6) is 5.75 Å². The number of ether oxygens (including phenoxy) is 1. The lowest BCUT2D eigenvalue weighted by atomic mass is 10.0. The van der Waals surface area contributed by atoms with Gasteiger partial charge in [0.25, 0.3) is 0 Å². The molecule has 0 N–H and O–H groups in total. The van der Waals surface area contributed by atoms with E-state index in [2.05, 4.69) is 6.07 Å². The molecule has 118 valence electrons. The van der Waals surface area contributed by atoms with Gasteiger partial charge in [-0.2, -0.15) is 0 Å². The number of methoxy groups -OCH3 is 1. The normalized spacial score (nSPS) is 10.9. The molecule has 0 spiro atoms. The summed E-state index contributed by atoms with van der Waals surface area (Å²) >= 11 is 1.69. The first-order valence-corrected chi connectivity index (χ1v) is 8.37. The summed E-state index contributed by atoms with van der Waals surface area (Å²) < 4.78 is 10.6. The van der Waals surface area contributed by atoms with Gasteiger partial charge in [-0.1, -0.05) is 12.1 Å². The van der Waals surface area contributed by atoms with Crippen LogP contribution in [-0.2, 0) is 5.75 Å². The SMILES string of the molecule is COc1ccc(SCc2cc(=O)oc3c(C)c(C)ccc23)cc1. The fourth-order valence-electron chi connectivity index (χ4n) is 2.48. The van der Waals surface area contributed by atoms with Gasteiger partial charge in [-0.3, -0.25) is 0 Å². The monoisotopic (exact) mass is 326 g/mol. The molecule has 0 radical (unpaired) electrons. The van der Waals surface area contributed by atoms with Crippen molar-refractivity contribution in [3.63, 3.8) is 0 Å². The molecule has 4 heteroatoms. The Bertz CT molecular complexity index is 895. The van der Waals surface area contributed by atoms with E-state index in [9.17, 15) is 4.79 Å². The van der Waals surface area contributed by atoms with E-state index in [0.29, 0.717) is 5.58 Å². The van der Waals surface area contributed by atoms with Crippen molar-refractivity contribution in [1.29, 1.82) is 0 Å². The van der Waals surface area contributed by atoms with E-state index in [0.717, 1.165) is 38.5 Å². The Morgan fingerprint density at radius 2 is 1.83 bits per heavy atom. The smallest absolute Gasteiger partial charge is 0.336 e. The van der Waals surface area contributed by atoms with E-state index in [-0.39, 0.29) is 5.63 Å². The van der Waals surface area contributed by atoms with Crippen molar-refractivity contribution in [2.24, 2.45) is 0 Å². The Hall–Kier alpha value is -2.20. The molecule has 1 heterocycles. The summed E-state index contributed by atoms with van der Waals surface area (Å²) in [6.07, 6.45) is 0. The highest BCUT2D eigenvalue weighted by Crippen LogP contribution is 2.29. The Balaban J connectivity index is 1.93. The molecule has 0 atom stereocenters. The van der Waals surface area contributed by atoms with Crippen molar-refractivity contribution in [2.75, 3.05) is 7.11 Å². The van der Waals surface area contributed by atoms with Crippen LogP contribution < -0.4 is 10.4 Å². The molecule has 0 saturated heterocycles. The van der Waals surface area contributed by atoms with Crippen LogP contribution in [0.15, 0.2) is 56.6 Å². The Morgan fingerprint density at radius 3 is 2.52 bits per heavy atom. The zero-order valence-corrected chi connectivity index (χ0v) is 14.2. The average Bonchev–Trinajstić information content (AvgIpc) is 2.57. The zero-order chi connectivity index (χ0) is 16.4. The first kappa shape index (κ1) is 15.7. The molecule has 3 aromatic rings. The Labute approximate surface area is 139 Å². The number of fused-ring (bicyclic) bond motifs is 1. The lowest BCUT2D eigenvalue weighted by Gasteiger charge is -2.09. The number of hydrogen-bond donors (Lipinski definition) is 0. The fraction of sp³-hybridized carbons (Fsp3) is 0.211. The van der Waals surface area contributed by atoms with Crippen LogP contribution in [0.1, 0.15) is 16.7 Å². The molecule has 0 aliphatic heterocycles. The first-order chi connectivity index (χ1) is 11.1. The van der Waals surface area contributed by atoms with Gasteiger partial charge in [-0.25, -0.2) is 4.79 Å². The van der Waals surface area contributed by atoms with Gasteiger partial charge in [0.2, 0.25) is 0 Å². The Morgan fingerprint density at radius 1 is 1.09 bits per heavy atom. The lowest BCUT2D eigenvalue weighted by Crippen LogP contribution is -2.01. The topological polar surface area (TPSA) is 39.4 Å². The third-order valence-electron chi connectivity index (χ3n) is 3.97. The largest absolute Gasteiger partial charge is 0.497 e. The van der Waals surface area contributed by atoms with Crippen molar-refractivity contribution in [2.45, 2.75) is 24.5 Å². The van der Waals surface area contributed by atoms with E-state index >= 15 is 0 Å². The standard InChI is InChI=1S/C19H18O3S/c1-12-4-9-17-14(10-18(20)22-19(17)13(12)2)11-23-16-7-5-15(21-3)6-8-16/h4-10H,11H2,1-3H3. The van der Waals surface area contributed by atoms with E-state index in [4.69, 9.17) is 9.15 Å². The summed E-state index contributed by atoms with van der Waals surface area (Å²) in [5.41, 5.74) is 3.55. The molecule has 23 heavy (non-hydrogen) atoms. The highest BCUT2D eigenvalue weighted by molar-refractivity contribution is 7.98. The van der Waals surface area contributed by atoms with Crippen molar-refractivity contribution < 1.29 is 9.15 Å². The lowest BCUT2D eigenvalue weighted by molar-refractivity contribution is 0.414. The third-order valence-corrected chi connectivity index (χ3v) is 5.03. The summed E-state index contributed by atoms with van der Waals surface area (Å²) in [6.45, 7) is 4.01. The maximum Gasteiger partial charge on any atom is 0.336 e. The number of thioether (sulfide) groups is 1. The minimum atomic E-state index is -0.295. The van der Waals surface area contributed by atoms with Crippen molar-refractivity contribution in [1.82, 2.24) is 0 Å². The van der Waals surface area contributed by atoms with E-state index in [1.54, 1.807) is 24.9 Å². The summed E-state index contributed by atoms with van der Waals surface area (Å²) in [5.74, 6) is 1.56. The Kier molecular flexibility index (Phi) is 4.44. The predicted molar refractivity (Wildman–Crippen MR) is 94.5 cm³/mol. The minimum Gasteiger partial charge on any atom is -0.497 e. The maximum absolute atomic E-state index is 11.9. The van der Waals surface area contributed by atoms with E-state index in [1.807, 2.05) is 44.2 Å². The van der Waals surface area contributed by atoms with Gasteiger partial charge in [0, 0.05) is 22.1 Å². The number of benzene rings is 2. The van der Waals surface area contributed by atoms with Gasteiger partial charge in [-0.15, -0.1) is 11.8 Å². The van der Waals surface area contributed by atoms with Crippen molar-refractivity contribution in [3.8, 4) is 5.75 Å². The average molecular weight is 326 g/mol. The second-order valence-corrected chi connectivity index (χ2v) is 6.49. The molecule has 0 aliphatic carbocycles. The van der Waals surface area contributed by atoms with Crippen LogP contribution in [0.3, 0.4) is 0 Å². The molecule has 0 amide bonds. The van der Waals surface area contributed by atoms with Crippen LogP contribution in [-0.4, -0.2) is 7.11 Å². The summed E-state index contributed by atoms with van der Waals surface area (Å²) in [4.78, 5) is 13.0. The predicted octanol–water partition coefficient (Wildman–Crippen LogP) is 4.71. The molecule has 0 bridgehead atoms. The van der Waals surface area contributed by atoms with Crippen LogP contribution in [0.4, 0.5) is 0 Å². The molecule has 0 fully saturated rings. The van der Waals surface area contributed by atoms with Crippen LogP contribution in [0, 0.1) is 13.8 Å². The molecule has 3 rings (SSSR count). The van der Waals surface area contributed by atoms with Gasteiger partial charge in [0.05, 0.1) is 7.11 Å². The molecule has 0 aliphatic rings. The summed E-state index contributed by atoms with van der Waals surface area (Å²) in [5, 5.41) is 1.01. The van der Waals surface area contributed by atoms with Crippen molar-refractivity contribution >= 4 is 22.7 Å². The van der Waals surface area contributed by atoms with Crippen LogP contribution in [0.25, 0.3) is 11.0 Å². The van der Waals surface area contributed by atoms with Gasteiger partial charge in [-0.05, 0) is 54.8 Å². The number of aryl methyl sites for hydroxylation is 2. The highest BCUT2D eigenvalue weighted by Gasteiger charge is 2.10. The first-order valence-electron chi connectivity index (χ1n) is 7.38. The van der Waals surface area contributed by atoms with Gasteiger partial charge < -0.3 is 9.15 Å². The van der Waals surface area contributed by atoms with Crippen LogP contribution in [0.2, 0.25) is 0 Å². The summed E-state index contributed by atoms with van der Waals surface area (Å²) in [6, 6.07) is 13.6. The molecule has 1 aromatic heterocycles. The van der Waals surface area contributed by atoms with Gasteiger partial charge >= 0.3 is 5.63 Å². The molecular weight excluding hydrogens is 308 g/mol. The molecule has 0 unspecified atom stereocenters. The quantitative estimate of drug-likeness (QED) is 0.514. The van der Waals surface area contributed by atoms with Gasteiger partial charge in [0.15, 0.2) is 0 Å². The zero-order valence-electron chi connectivity index (χ0n) is 13.4. The van der Waals surface area contributed by atoms with E-state index in [1.165, 1.54) is 0 Å². The maximum atomic E-state index is 11.9. The second kappa shape index (κ2) is 6.50. The minimum absolute atomic E-state index is 0.295. The molecule has 0 saturated carbocycles. The molecular formula is C19H18O3S. The van der Waals surface area contributed by atoms with Crippen LogP contribution >= 0.6 is 11.8 Å². The fourth-order valence-corrected chi connectivity index (χ4v) is 3.37. The summed E-state index contributed by atoms with van der Waals surface area (Å²) in [7, 11) is 1.65. The van der Waals surface area contributed by atoms with Gasteiger partial charge in [0.1, 0.15) is 11.3 Å². The third kappa shape index (κ3) is 3.27. The number of rotatable bonds is 4. The molecule has 3 nitrogen and oxygen atoms in total.